The predicted molar refractivity (Wildman–Crippen MR) is 119 cm³/mol. The number of likely N-dealkylation sites (tertiary alicyclic amines) is 1. The number of rotatable bonds is 4. The lowest BCUT2D eigenvalue weighted by Gasteiger charge is -2.25. The van der Waals surface area contributed by atoms with E-state index in [9.17, 15) is 17.6 Å². The van der Waals surface area contributed by atoms with Gasteiger partial charge in [-0.05, 0) is 49.6 Å². The van der Waals surface area contributed by atoms with Crippen LogP contribution in [0.25, 0.3) is 21.7 Å². The summed E-state index contributed by atoms with van der Waals surface area (Å²) in [7, 11) is -4.04. The average molecular weight is 480 g/mol. The first-order valence-electron chi connectivity index (χ1n) is 9.63. The van der Waals surface area contributed by atoms with E-state index in [1.165, 1.54) is 12.1 Å². The van der Waals surface area contributed by atoms with Crippen molar-refractivity contribution in [1.29, 1.82) is 0 Å². The molecule has 2 heterocycles. The Morgan fingerprint density at radius 1 is 1.10 bits per heavy atom. The molecule has 1 saturated heterocycles. The molecule has 1 aromatic heterocycles. The van der Waals surface area contributed by atoms with Crippen LogP contribution in [0.2, 0.25) is 5.02 Å². The second-order valence-corrected chi connectivity index (χ2v) is 10.2. The molecule has 0 aliphatic carbocycles. The Morgan fingerprint density at radius 2 is 1.77 bits per heavy atom. The van der Waals surface area contributed by atoms with Crippen molar-refractivity contribution >= 4 is 38.9 Å². The Hall–Kier alpha value is -2.33. The standard InChI is InChI=1S/C21H19ClFN3O3S2/c22-14-6-4-13(5-7-14)18-19(16-9-8-15(12-17(16)23)31(24,28)29)30-20(25-18)21(27)26-10-2-1-3-11-26/h4-9,12H,1-3,10-11H2,(H2,24,28,29). The van der Waals surface area contributed by atoms with E-state index >= 15 is 0 Å². The Balaban J connectivity index is 1.83. The van der Waals surface area contributed by atoms with Gasteiger partial charge in [0, 0.05) is 29.2 Å². The van der Waals surface area contributed by atoms with Gasteiger partial charge in [-0.15, -0.1) is 11.3 Å². The molecule has 0 spiro atoms. The lowest BCUT2D eigenvalue weighted by molar-refractivity contribution is 0.0724. The normalized spacial score (nSPS) is 14.6. The second-order valence-electron chi connectivity index (χ2n) is 7.24. The highest BCUT2D eigenvalue weighted by molar-refractivity contribution is 7.89. The highest BCUT2D eigenvalue weighted by atomic mass is 35.5. The molecule has 0 unspecified atom stereocenters. The van der Waals surface area contributed by atoms with Crippen molar-refractivity contribution in [2.45, 2.75) is 24.2 Å². The molecule has 31 heavy (non-hydrogen) atoms. The molecule has 1 aliphatic rings. The van der Waals surface area contributed by atoms with Crippen LogP contribution in [-0.4, -0.2) is 37.3 Å². The molecule has 0 atom stereocenters. The Bertz CT molecular complexity index is 1240. The third-order valence-electron chi connectivity index (χ3n) is 5.08. The summed E-state index contributed by atoms with van der Waals surface area (Å²) in [6.45, 7) is 1.34. The molecule has 0 saturated carbocycles. The minimum Gasteiger partial charge on any atom is -0.337 e. The Kier molecular flexibility index (Phi) is 6.11. The number of amides is 1. The summed E-state index contributed by atoms with van der Waals surface area (Å²) >= 11 is 7.08. The summed E-state index contributed by atoms with van der Waals surface area (Å²) in [6.07, 6.45) is 2.97. The first-order chi connectivity index (χ1) is 14.7. The molecule has 0 bridgehead atoms. The van der Waals surface area contributed by atoms with E-state index in [2.05, 4.69) is 4.98 Å². The number of nitrogens with zero attached hydrogens (tertiary/aromatic N) is 2. The van der Waals surface area contributed by atoms with Crippen molar-refractivity contribution in [3.63, 3.8) is 0 Å². The topological polar surface area (TPSA) is 93.4 Å². The lowest BCUT2D eigenvalue weighted by atomic mass is 10.1. The number of carbonyl (C=O) groups excluding carboxylic acids is 1. The molecule has 10 heteroatoms. The minimum absolute atomic E-state index is 0.146. The van der Waals surface area contributed by atoms with Crippen LogP contribution in [0.3, 0.4) is 0 Å². The fourth-order valence-electron chi connectivity index (χ4n) is 3.49. The first kappa shape index (κ1) is 21.9. The van der Waals surface area contributed by atoms with E-state index in [0.717, 1.165) is 36.7 Å². The Labute approximate surface area is 188 Å². The first-order valence-corrected chi connectivity index (χ1v) is 12.4. The van der Waals surface area contributed by atoms with Crippen LogP contribution >= 0.6 is 22.9 Å². The van der Waals surface area contributed by atoms with E-state index in [0.29, 0.717) is 34.2 Å². The number of halogens is 2. The van der Waals surface area contributed by atoms with Crippen molar-refractivity contribution in [1.82, 2.24) is 9.88 Å². The summed E-state index contributed by atoms with van der Waals surface area (Å²) in [6, 6.07) is 10.3. The van der Waals surface area contributed by atoms with E-state index in [1.807, 2.05) is 0 Å². The summed E-state index contributed by atoms with van der Waals surface area (Å²) in [5.41, 5.74) is 1.25. The Morgan fingerprint density at radius 3 is 2.39 bits per heavy atom. The van der Waals surface area contributed by atoms with E-state index in [-0.39, 0.29) is 21.4 Å². The van der Waals surface area contributed by atoms with Crippen molar-refractivity contribution in [3.8, 4) is 21.7 Å². The molecule has 3 aromatic rings. The number of hydrogen-bond donors (Lipinski definition) is 1. The summed E-state index contributed by atoms with van der Waals surface area (Å²) in [5, 5.41) is 5.91. The molecule has 2 aromatic carbocycles. The average Bonchev–Trinajstić information content (AvgIpc) is 3.18. The smallest absolute Gasteiger partial charge is 0.282 e. The molecule has 0 radical (unpaired) electrons. The minimum atomic E-state index is -4.04. The molecular weight excluding hydrogens is 461 g/mol. The van der Waals surface area contributed by atoms with Gasteiger partial charge in [0.25, 0.3) is 5.91 Å². The van der Waals surface area contributed by atoms with Crippen molar-refractivity contribution in [2.75, 3.05) is 13.1 Å². The molecule has 2 N–H and O–H groups in total. The lowest BCUT2D eigenvalue weighted by Crippen LogP contribution is -2.35. The zero-order valence-electron chi connectivity index (χ0n) is 16.3. The van der Waals surface area contributed by atoms with Crippen LogP contribution in [0.4, 0.5) is 4.39 Å². The van der Waals surface area contributed by atoms with Crippen molar-refractivity contribution in [3.05, 3.63) is 58.3 Å². The number of nitrogens with two attached hydrogens (primary N) is 1. The van der Waals surface area contributed by atoms with Gasteiger partial charge in [-0.2, -0.15) is 0 Å². The van der Waals surface area contributed by atoms with E-state index in [4.69, 9.17) is 16.7 Å². The second kappa shape index (κ2) is 8.66. The molecule has 6 nitrogen and oxygen atoms in total. The highest BCUT2D eigenvalue weighted by Gasteiger charge is 2.26. The van der Waals surface area contributed by atoms with Gasteiger partial charge in [0.15, 0.2) is 5.01 Å². The number of sulfonamides is 1. The molecule has 162 valence electrons. The molecular formula is C21H19ClFN3O3S2. The monoisotopic (exact) mass is 479 g/mol. The van der Waals surface area contributed by atoms with Gasteiger partial charge in [0.05, 0.1) is 15.5 Å². The van der Waals surface area contributed by atoms with Gasteiger partial charge < -0.3 is 4.90 Å². The summed E-state index contributed by atoms with van der Waals surface area (Å²) in [4.78, 5) is 19.4. The number of thiazole rings is 1. The fraction of sp³-hybridized carbons (Fsp3) is 0.238. The quantitative estimate of drug-likeness (QED) is 0.594. The van der Waals surface area contributed by atoms with E-state index < -0.39 is 15.8 Å². The number of hydrogen-bond acceptors (Lipinski definition) is 5. The third-order valence-corrected chi connectivity index (χ3v) is 7.32. The SMILES string of the molecule is NS(=O)(=O)c1ccc(-c2sc(C(=O)N3CCCCC3)nc2-c2ccc(Cl)cc2)c(F)c1. The summed E-state index contributed by atoms with van der Waals surface area (Å²) in [5.74, 6) is -0.949. The van der Waals surface area contributed by atoms with Crippen LogP contribution < -0.4 is 5.14 Å². The van der Waals surface area contributed by atoms with Gasteiger partial charge in [0.1, 0.15) is 5.82 Å². The largest absolute Gasteiger partial charge is 0.337 e. The molecule has 1 amide bonds. The van der Waals surface area contributed by atoms with Gasteiger partial charge in [0.2, 0.25) is 10.0 Å². The third kappa shape index (κ3) is 4.64. The number of carbonyl (C=O) groups is 1. The maximum atomic E-state index is 14.9. The van der Waals surface area contributed by atoms with Gasteiger partial charge in [-0.25, -0.2) is 22.9 Å². The maximum Gasteiger partial charge on any atom is 0.282 e. The number of primary sulfonamides is 1. The zero-order valence-corrected chi connectivity index (χ0v) is 18.7. The van der Waals surface area contributed by atoms with Crippen LogP contribution in [0, 0.1) is 5.82 Å². The number of benzene rings is 2. The van der Waals surface area contributed by atoms with Gasteiger partial charge >= 0.3 is 0 Å². The van der Waals surface area contributed by atoms with Crippen LogP contribution in [-0.2, 0) is 10.0 Å². The fourth-order valence-corrected chi connectivity index (χ4v) is 5.22. The van der Waals surface area contributed by atoms with Crippen molar-refractivity contribution in [2.24, 2.45) is 5.14 Å². The van der Waals surface area contributed by atoms with Crippen LogP contribution in [0.1, 0.15) is 29.1 Å². The van der Waals surface area contributed by atoms with Crippen LogP contribution in [0.5, 0.6) is 0 Å². The molecule has 1 fully saturated rings. The van der Waals surface area contributed by atoms with Gasteiger partial charge in [-0.3, -0.25) is 4.79 Å². The number of aromatic nitrogens is 1. The van der Waals surface area contributed by atoms with Crippen molar-refractivity contribution < 1.29 is 17.6 Å². The zero-order chi connectivity index (χ0) is 22.2. The number of piperidine rings is 1. The highest BCUT2D eigenvalue weighted by Crippen LogP contribution is 2.39. The van der Waals surface area contributed by atoms with E-state index in [1.54, 1.807) is 29.2 Å². The van der Waals surface area contributed by atoms with Crippen LogP contribution in [0.15, 0.2) is 47.4 Å². The molecule has 4 rings (SSSR count). The maximum absolute atomic E-state index is 14.9. The molecule has 1 aliphatic heterocycles. The van der Waals surface area contributed by atoms with Gasteiger partial charge in [-0.1, -0.05) is 23.7 Å². The predicted octanol–water partition coefficient (Wildman–Crippen LogP) is 4.54. The summed E-state index contributed by atoms with van der Waals surface area (Å²) < 4.78 is 38.1.